The number of nitrogens with zero attached hydrogens (tertiary/aromatic N) is 2. The molecule has 2 aromatic rings. The second kappa shape index (κ2) is 8.09. The molecule has 1 aromatic heterocycles. The molecule has 2 rings (SSSR count). The Hall–Kier alpha value is -2.47. The number of nitrogens with one attached hydrogen (secondary N) is 1. The third kappa shape index (κ3) is 4.82. The van der Waals surface area contributed by atoms with Gasteiger partial charge in [-0.15, -0.1) is 11.3 Å². The van der Waals surface area contributed by atoms with Crippen molar-refractivity contribution in [1.29, 1.82) is 0 Å². The van der Waals surface area contributed by atoms with E-state index in [-0.39, 0.29) is 12.5 Å². The summed E-state index contributed by atoms with van der Waals surface area (Å²) in [5, 5.41) is 9.90. The number of thiophene rings is 1. The summed E-state index contributed by atoms with van der Waals surface area (Å²) in [5.74, 6) is -0.347. The van der Waals surface area contributed by atoms with Crippen molar-refractivity contribution in [2.75, 3.05) is 6.61 Å². The van der Waals surface area contributed by atoms with Crippen LogP contribution in [0.4, 0.5) is 0 Å². The van der Waals surface area contributed by atoms with Crippen LogP contribution in [0.1, 0.15) is 24.3 Å². The van der Waals surface area contributed by atoms with Crippen molar-refractivity contribution in [2.24, 2.45) is 10.3 Å². The van der Waals surface area contributed by atoms with Gasteiger partial charge in [0.2, 0.25) is 0 Å². The van der Waals surface area contributed by atoms with Crippen molar-refractivity contribution in [1.82, 2.24) is 5.43 Å². The number of carbonyl (C=O) groups is 1. The third-order valence-corrected chi connectivity index (χ3v) is 3.79. The van der Waals surface area contributed by atoms with Gasteiger partial charge in [-0.2, -0.15) is 5.10 Å². The summed E-state index contributed by atoms with van der Waals surface area (Å²) < 4.78 is 0. The van der Waals surface area contributed by atoms with E-state index in [4.69, 9.17) is 4.84 Å². The molecule has 0 saturated carbocycles. The maximum atomic E-state index is 11.6. The zero-order chi connectivity index (χ0) is 15.8. The van der Waals surface area contributed by atoms with Gasteiger partial charge in [0, 0.05) is 4.88 Å². The number of benzene rings is 1. The van der Waals surface area contributed by atoms with E-state index >= 15 is 0 Å². The number of oxime groups is 1. The van der Waals surface area contributed by atoms with Gasteiger partial charge in [0.15, 0.2) is 6.61 Å². The molecule has 0 aliphatic carbocycles. The molecule has 0 bridgehead atoms. The molecule has 0 aliphatic heterocycles. The monoisotopic (exact) mass is 315 g/mol. The van der Waals surface area contributed by atoms with Gasteiger partial charge in [-0.05, 0) is 30.9 Å². The number of hydrazone groups is 1. The van der Waals surface area contributed by atoms with Gasteiger partial charge in [0.1, 0.15) is 0 Å². The largest absolute Gasteiger partial charge is 0.385 e. The molecule has 0 saturated heterocycles. The molecule has 0 fully saturated rings. The summed E-state index contributed by atoms with van der Waals surface area (Å²) in [7, 11) is 0. The number of hydrogen-bond acceptors (Lipinski definition) is 5. The second-order valence-electron chi connectivity index (χ2n) is 4.53. The standard InChI is InChI=1S/C16H17N3O2S/c1-12(14-7-4-3-5-8-14)19-21-11-16(20)18-17-13(2)15-9-6-10-22-15/h3-10H,11H2,1-2H3,(H,18,20)/b17-13-,19-12-. The number of rotatable bonds is 6. The highest BCUT2D eigenvalue weighted by molar-refractivity contribution is 7.12. The van der Waals surface area contributed by atoms with E-state index in [9.17, 15) is 4.79 Å². The molecule has 0 atom stereocenters. The molecular weight excluding hydrogens is 298 g/mol. The Balaban J connectivity index is 1.80. The smallest absolute Gasteiger partial charge is 0.280 e. The third-order valence-electron chi connectivity index (χ3n) is 2.81. The van der Waals surface area contributed by atoms with Gasteiger partial charge in [-0.3, -0.25) is 4.79 Å². The second-order valence-corrected chi connectivity index (χ2v) is 5.47. The number of amides is 1. The highest BCUT2D eigenvalue weighted by Crippen LogP contribution is 2.09. The Bertz CT molecular complexity index is 664. The van der Waals surface area contributed by atoms with Crippen LogP contribution in [0.5, 0.6) is 0 Å². The molecule has 0 unspecified atom stereocenters. The summed E-state index contributed by atoms with van der Waals surface area (Å²) in [4.78, 5) is 17.7. The molecule has 1 N–H and O–H groups in total. The summed E-state index contributed by atoms with van der Waals surface area (Å²) >= 11 is 1.57. The van der Waals surface area contributed by atoms with Crippen LogP contribution in [0, 0.1) is 0 Å². The molecule has 0 radical (unpaired) electrons. The van der Waals surface area contributed by atoms with Gasteiger partial charge < -0.3 is 4.84 Å². The SMILES string of the molecule is C/C(=N/OCC(=O)N/N=C(/C)c1cccs1)c1ccccc1. The van der Waals surface area contributed by atoms with E-state index in [0.29, 0.717) is 5.71 Å². The van der Waals surface area contributed by atoms with Crippen molar-refractivity contribution < 1.29 is 9.63 Å². The lowest BCUT2D eigenvalue weighted by atomic mass is 10.1. The minimum Gasteiger partial charge on any atom is -0.385 e. The quantitative estimate of drug-likeness (QED) is 0.658. The molecule has 0 aliphatic rings. The van der Waals surface area contributed by atoms with E-state index in [0.717, 1.165) is 16.2 Å². The Labute approximate surface area is 133 Å². The molecule has 22 heavy (non-hydrogen) atoms. The summed E-state index contributed by atoms with van der Waals surface area (Å²) in [5.41, 5.74) is 4.87. The van der Waals surface area contributed by atoms with Crippen molar-refractivity contribution in [3.63, 3.8) is 0 Å². The topological polar surface area (TPSA) is 63.0 Å². The lowest BCUT2D eigenvalue weighted by Gasteiger charge is -2.02. The van der Waals surface area contributed by atoms with Crippen LogP contribution in [-0.4, -0.2) is 23.9 Å². The molecule has 1 heterocycles. The average Bonchev–Trinajstić information content (AvgIpc) is 3.08. The first-order chi connectivity index (χ1) is 10.7. The van der Waals surface area contributed by atoms with Crippen LogP contribution < -0.4 is 5.43 Å². The van der Waals surface area contributed by atoms with Gasteiger partial charge in [-0.25, -0.2) is 5.43 Å². The van der Waals surface area contributed by atoms with Crippen molar-refractivity contribution in [3.05, 3.63) is 58.3 Å². The fraction of sp³-hybridized carbons (Fsp3) is 0.188. The van der Waals surface area contributed by atoms with Crippen LogP contribution in [0.15, 0.2) is 58.1 Å². The van der Waals surface area contributed by atoms with Crippen LogP contribution >= 0.6 is 11.3 Å². The van der Waals surface area contributed by atoms with Crippen molar-refractivity contribution in [3.8, 4) is 0 Å². The first-order valence-electron chi connectivity index (χ1n) is 6.76. The Morgan fingerprint density at radius 1 is 1.14 bits per heavy atom. The van der Waals surface area contributed by atoms with E-state index in [1.54, 1.807) is 11.3 Å². The van der Waals surface area contributed by atoms with E-state index < -0.39 is 0 Å². The van der Waals surface area contributed by atoms with Gasteiger partial charge in [0.25, 0.3) is 5.91 Å². The van der Waals surface area contributed by atoms with Gasteiger partial charge in [-0.1, -0.05) is 41.6 Å². The fourth-order valence-electron chi connectivity index (χ4n) is 1.64. The zero-order valence-corrected chi connectivity index (χ0v) is 13.3. The summed E-state index contributed by atoms with van der Waals surface area (Å²) in [6.45, 7) is 3.49. The highest BCUT2D eigenvalue weighted by atomic mass is 32.1. The van der Waals surface area contributed by atoms with Crippen LogP contribution in [-0.2, 0) is 9.63 Å². The molecule has 0 spiro atoms. The molecule has 6 heteroatoms. The molecular formula is C16H17N3O2S. The van der Waals surface area contributed by atoms with Gasteiger partial charge >= 0.3 is 0 Å². The maximum absolute atomic E-state index is 11.6. The molecule has 1 amide bonds. The minimum absolute atomic E-state index is 0.175. The molecule has 114 valence electrons. The van der Waals surface area contributed by atoms with E-state index in [1.165, 1.54) is 0 Å². The van der Waals surface area contributed by atoms with Crippen LogP contribution in [0.2, 0.25) is 0 Å². The first-order valence-corrected chi connectivity index (χ1v) is 7.64. The summed E-state index contributed by atoms with van der Waals surface area (Å²) in [6, 6.07) is 13.5. The van der Waals surface area contributed by atoms with Crippen molar-refractivity contribution >= 4 is 28.7 Å². The fourth-order valence-corrected chi connectivity index (χ4v) is 2.31. The minimum atomic E-state index is -0.347. The highest BCUT2D eigenvalue weighted by Gasteiger charge is 2.03. The lowest BCUT2D eigenvalue weighted by molar-refractivity contribution is -0.125. The van der Waals surface area contributed by atoms with Gasteiger partial charge in [0.05, 0.1) is 11.4 Å². The average molecular weight is 315 g/mol. The molecule has 5 nitrogen and oxygen atoms in total. The Morgan fingerprint density at radius 3 is 2.59 bits per heavy atom. The van der Waals surface area contributed by atoms with E-state index in [1.807, 2.05) is 61.7 Å². The Kier molecular flexibility index (Phi) is 5.85. The summed E-state index contributed by atoms with van der Waals surface area (Å²) in [6.07, 6.45) is 0. The normalized spacial score (nSPS) is 12.1. The molecule has 1 aromatic carbocycles. The predicted molar refractivity (Wildman–Crippen MR) is 89.3 cm³/mol. The van der Waals surface area contributed by atoms with Crippen LogP contribution in [0.25, 0.3) is 0 Å². The Morgan fingerprint density at radius 2 is 1.91 bits per heavy atom. The predicted octanol–water partition coefficient (Wildman–Crippen LogP) is 3.03. The zero-order valence-electron chi connectivity index (χ0n) is 12.4. The number of carbonyl (C=O) groups excluding carboxylic acids is 1. The lowest BCUT2D eigenvalue weighted by Crippen LogP contribution is -2.23. The number of hydrogen-bond donors (Lipinski definition) is 1. The maximum Gasteiger partial charge on any atom is 0.280 e. The van der Waals surface area contributed by atoms with E-state index in [2.05, 4.69) is 15.7 Å². The first kappa shape index (κ1) is 15.9. The van der Waals surface area contributed by atoms with Crippen LogP contribution in [0.3, 0.4) is 0 Å². The van der Waals surface area contributed by atoms with Crippen molar-refractivity contribution in [2.45, 2.75) is 13.8 Å².